The zero-order valence-electron chi connectivity index (χ0n) is 13.7. The zero-order valence-corrected chi connectivity index (χ0v) is 13.7. The van der Waals surface area contributed by atoms with Crippen LogP contribution in [0.25, 0.3) is 0 Å². The summed E-state index contributed by atoms with van der Waals surface area (Å²) >= 11 is 0. The third kappa shape index (κ3) is 3.41. The van der Waals surface area contributed by atoms with E-state index >= 15 is 0 Å². The second-order valence-electron chi connectivity index (χ2n) is 6.33. The third-order valence-corrected chi connectivity index (χ3v) is 4.64. The van der Waals surface area contributed by atoms with Crippen molar-refractivity contribution in [3.8, 4) is 0 Å². The van der Waals surface area contributed by atoms with Crippen LogP contribution in [0.15, 0.2) is 30.3 Å². The number of benzene rings is 1. The van der Waals surface area contributed by atoms with Crippen molar-refractivity contribution in [2.75, 3.05) is 38.6 Å². The second-order valence-corrected chi connectivity index (χ2v) is 6.33. The van der Waals surface area contributed by atoms with Gasteiger partial charge < -0.3 is 19.9 Å². The molecule has 2 aliphatic heterocycles. The maximum absolute atomic E-state index is 12.3. The van der Waals surface area contributed by atoms with Crippen LogP contribution in [0.2, 0.25) is 0 Å². The molecular weight excluding hydrogens is 310 g/mol. The molecule has 2 fully saturated rings. The maximum atomic E-state index is 12.3. The van der Waals surface area contributed by atoms with Gasteiger partial charge in [0.05, 0.1) is 5.60 Å². The van der Waals surface area contributed by atoms with Crippen LogP contribution in [0.1, 0.15) is 12.8 Å². The molecule has 7 heteroatoms. The number of carbonyl (C=O) groups is 3. The lowest BCUT2D eigenvalue weighted by Gasteiger charge is -2.45. The van der Waals surface area contributed by atoms with Crippen LogP contribution < -0.4 is 5.32 Å². The van der Waals surface area contributed by atoms with E-state index in [1.54, 1.807) is 41.1 Å². The van der Waals surface area contributed by atoms with Crippen molar-refractivity contribution in [1.82, 2.24) is 9.80 Å². The number of hydrogen-bond donors (Lipinski definition) is 1. The Bertz CT molecular complexity index is 638. The summed E-state index contributed by atoms with van der Waals surface area (Å²) in [6.45, 7) is 1.51. The van der Waals surface area contributed by atoms with Crippen molar-refractivity contribution >= 4 is 23.4 Å². The lowest BCUT2D eigenvalue weighted by Crippen LogP contribution is -2.59. The van der Waals surface area contributed by atoms with E-state index in [4.69, 9.17) is 4.74 Å². The number of piperidine rings is 1. The van der Waals surface area contributed by atoms with Gasteiger partial charge in [0.1, 0.15) is 6.61 Å². The molecule has 0 unspecified atom stereocenters. The predicted octanol–water partition coefficient (Wildman–Crippen LogP) is 0.475. The molecule has 1 N–H and O–H groups in total. The number of likely N-dealkylation sites (N-methyl/N-ethyl adjacent to an activating group) is 1. The van der Waals surface area contributed by atoms with Crippen molar-refractivity contribution in [1.29, 1.82) is 0 Å². The number of nitrogens with zero attached hydrogens (tertiary/aromatic N) is 2. The number of anilines is 1. The predicted molar refractivity (Wildman–Crippen MR) is 87.2 cm³/mol. The van der Waals surface area contributed by atoms with Crippen molar-refractivity contribution in [3.05, 3.63) is 30.3 Å². The van der Waals surface area contributed by atoms with E-state index in [0.29, 0.717) is 38.2 Å². The minimum atomic E-state index is -0.631. The average Bonchev–Trinajstić information content (AvgIpc) is 2.59. The molecule has 0 atom stereocenters. The molecule has 128 valence electrons. The molecule has 3 rings (SSSR count). The molecule has 0 saturated carbocycles. The number of carbonyl (C=O) groups excluding carboxylic acids is 3. The molecule has 1 spiro atoms. The van der Waals surface area contributed by atoms with Gasteiger partial charge in [0.15, 0.2) is 0 Å². The van der Waals surface area contributed by atoms with Crippen molar-refractivity contribution < 1.29 is 19.1 Å². The Balaban J connectivity index is 1.55. The highest BCUT2D eigenvalue weighted by molar-refractivity contribution is 6.39. The first kappa shape index (κ1) is 16.4. The molecule has 0 aliphatic carbocycles. The van der Waals surface area contributed by atoms with Crippen LogP contribution in [0.3, 0.4) is 0 Å². The summed E-state index contributed by atoms with van der Waals surface area (Å²) in [5.74, 6) is -1.19. The molecule has 7 nitrogen and oxygen atoms in total. The summed E-state index contributed by atoms with van der Waals surface area (Å²) < 4.78 is 5.74. The summed E-state index contributed by atoms with van der Waals surface area (Å²) in [5, 5.41) is 2.61. The van der Waals surface area contributed by atoms with Crippen molar-refractivity contribution in [2.45, 2.75) is 18.4 Å². The Kier molecular flexibility index (Phi) is 4.53. The van der Waals surface area contributed by atoms with E-state index < -0.39 is 17.4 Å². The van der Waals surface area contributed by atoms with E-state index in [9.17, 15) is 14.4 Å². The van der Waals surface area contributed by atoms with Gasteiger partial charge >= 0.3 is 11.8 Å². The first-order chi connectivity index (χ1) is 11.5. The van der Waals surface area contributed by atoms with Gasteiger partial charge in [0.2, 0.25) is 5.91 Å². The van der Waals surface area contributed by atoms with Gasteiger partial charge in [-0.15, -0.1) is 0 Å². The van der Waals surface area contributed by atoms with Gasteiger partial charge in [-0.25, -0.2) is 0 Å². The molecule has 2 saturated heterocycles. The van der Waals surface area contributed by atoms with Crippen LogP contribution in [0.5, 0.6) is 0 Å². The van der Waals surface area contributed by atoms with Gasteiger partial charge in [-0.05, 0) is 25.0 Å². The van der Waals surface area contributed by atoms with Crippen LogP contribution >= 0.6 is 0 Å². The fourth-order valence-corrected chi connectivity index (χ4v) is 3.16. The molecule has 24 heavy (non-hydrogen) atoms. The van der Waals surface area contributed by atoms with E-state index in [0.717, 1.165) is 0 Å². The molecule has 2 heterocycles. The van der Waals surface area contributed by atoms with Crippen molar-refractivity contribution in [3.63, 3.8) is 0 Å². The number of nitrogens with one attached hydrogen (secondary N) is 1. The Morgan fingerprint density at radius 3 is 2.46 bits per heavy atom. The standard InChI is InChI=1S/C17H21N3O4/c1-19-12-17(24-11-14(19)21)7-9-20(10-8-17)16(23)15(22)18-13-5-3-2-4-6-13/h2-6H,7-12H2,1H3,(H,18,22). The van der Waals surface area contributed by atoms with E-state index in [1.807, 2.05) is 6.07 Å². The average molecular weight is 331 g/mol. The molecule has 0 bridgehead atoms. The number of hydrogen-bond acceptors (Lipinski definition) is 4. The minimum Gasteiger partial charge on any atom is -0.363 e. The lowest BCUT2D eigenvalue weighted by atomic mass is 9.89. The highest BCUT2D eigenvalue weighted by Crippen LogP contribution is 2.30. The Hall–Kier alpha value is -2.41. The Morgan fingerprint density at radius 2 is 1.83 bits per heavy atom. The molecule has 0 aromatic heterocycles. The highest BCUT2D eigenvalue weighted by atomic mass is 16.5. The minimum absolute atomic E-state index is 0.0265. The molecule has 1 aromatic rings. The first-order valence-electron chi connectivity index (χ1n) is 8.02. The van der Waals surface area contributed by atoms with E-state index in [2.05, 4.69) is 5.32 Å². The van der Waals surface area contributed by atoms with Gasteiger partial charge in [0.25, 0.3) is 0 Å². The summed E-state index contributed by atoms with van der Waals surface area (Å²) in [5.41, 5.74) is 0.204. The fourth-order valence-electron chi connectivity index (χ4n) is 3.16. The first-order valence-corrected chi connectivity index (χ1v) is 8.02. The molecule has 2 aliphatic rings. The topological polar surface area (TPSA) is 79.0 Å². The SMILES string of the molecule is CN1CC2(CCN(C(=O)C(=O)Nc3ccccc3)CC2)OCC1=O. The van der Waals surface area contributed by atoms with Crippen LogP contribution in [-0.4, -0.2) is 66.4 Å². The number of morpholine rings is 1. The fraction of sp³-hybridized carbons (Fsp3) is 0.471. The summed E-state index contributed by atoms with van der Waals surface area (Å²) in [6.07, 6.45) is 1.24. The normalized spacial score (nSPS) is 20.1. The maximum Gasteiger partial charge on any atom is 0.313 e. The molecule has 0 radical (unpaired) electrons. The second kappa shape index (κ2) is 6.60. The number of likely N-dealkylation sites (tertiary alicyclic amines) is 1. The number of ether oxygens (including phenoxy) is 1. The Morgan fingerprint density at radius 1 is 1.17 bits per heavy atom. The lowest BCUT2D eigenvalue weighted by molar-refractivity contribution is -0.171. The highest BCUT2D eigenvalue weighted by Gasteiger charge is 2.42. The Labute approximate surface area is 140 Å². The van der Waals surface area contributed by atoms with Gasteiger partial charge in [0, 0.05) is 32.4 Å². The zero-order chi connectivity index (χ0) is 17.2. The van der Waals surface area contributed by atoms with Gasteiger partial charge in [-0.2, -0.15) is 0 Å². The smallest absolute Gasteiger partial charge is 0.313 e. The number of para-hydroxylation sites is 1. The number of amides is 3. The van der Waals surface area contributed by atoms with Crippen LogP contribution in [0.4, 0.5) is 5.69 Å². The van der Waals surface area contributed by atoms with Crippen LogP contribution in [-0.2, 0) is 19.1 Å². The monoisotopic (exact) mass is 331 g/mol. The quantitative estimate of drug-likeness (QED) is 0.759. The van der Waals surface area contributed by atoms with Gasteiger partial charge in [-0.3, -0.25) is 14.4 Å². The summed E-state index contributed by atoms with van der Waals surface area (Å²) in [6, 6.07) is 8.90. The van der Waals surface area contributed by atoms with E-state index in [1.165, 1.54) is 0 Å². The largest absolute Gasteiger partial charge is 0.363 e. The summed E-state index contributed by atoms with van der Waals surface area (Å²) in [7, 11) is 1.76. The van der Waals surface area contributed by atoms with Crippen molar-refractivity contribution in [2.24, 2.45) is 0 Å². The van der Waals surface area contributed by atoms with Crippen LogP contribution in [0, 0.1) is 0 Å². The third-order valence-electron chi connectivity index (χ3n) is 4.64. The van der Waals surface area contributed by atoms with E-state index in [-0.39, 0.29) is 12.5 Å². The summed E-state index contributed by atoms with van der Waals surface area (Å²) in [4.78, 5) is 39.1. The molecular formula is C17H21N3O4. The van der Waals surface area contributed by atoms with Gasteiger partial charge in [-0.1, -0.05) is 18.2 Å². The number of rotatable bonds is 1. The molecule has 3 amide bonds. The molecule has 1 aromatic carbocycles.